The highest BCUT2D eigenvalue weighted by Crippen LogP contribution is 2.27. The Kier molecular flexibility index (Phi) is 4.83. The third-order valence-electron chi connectivity index (χ3n) is 4.36. The molecule has 4 rings (SSSR count). The SMILES string of the molecule is COCCn1c(=NC(=O)c2cccc(F)c2)sc2c3ccccc3ccc21. The van der Waals surface area contributed by atoms with E-state index in [0.29, 0.717) is 18.0 Å². The van der Waals surface area contributed by atoms with E-state index in [-0.39, 0.29) is 5.56 Å². The van der Waals surface area contributed by atoms with Crippen LogP contribution in [0, 0.1) is 5.82 Å². The molecule has 0 saturated carbocycles. The molecule has 0 aliphatic carbocycles. The van der Waals surface area contributed by atoms with Crippen LogP contribution in [0.4, 0.5) is 4.39 Å². The van der Waals surface area contributed by atoms with Gasteiger partial charge in [0.1, 0.15) is 5.82 Å². The Morgan fingerprint density at radius 2 is 2.00 bits per heavy atom. The number of aromatic nitrogens is 1. The van der Waals surface area contributed by atoms with Gasteiger partial charge in [-0.1, -0.05) is 47.7 Å². The summed E-state index contributed by atoms with van der Waals surface area (Å²) in [7, 11) is 1.64. The molecule has 1 heterocycles. The molecular weight excluding hydrogens is 363 g/mol. The number of carbonyl (C=O) groups excluding carboxylic acids is 1. The molecule has 136 valence electrons. The average molecular weight is 380 g/mol. The van der Waals surface area contributed by atoms with Crippen LogP contribution in [0.15, 0.2) is 65.7 Å². The molecule has 3 aromatic carbocycles. The first-order valence-corrected chi connectivity index (χ1v) is 9.33. The van der Waals surface area contributed by atoms with Gasteiger partial charge in [-0.3, -0.25) is 4.79 Å². The smallest absolute Gasteiger partial charge is 0.279 e. The molecule has 6 heteroatoms. The fourth-order valence-corrected chi connectivity index (χ4v) is 4.25. The lowest BCUT2D eigenvalue weighted by atomic mass is 10.1. The lowest BCUT2D eigenvalue weighted by Crippen LogP contribution is -2.19. The number of amides is 1. The lowest BCUT2D eigenvalue weighted by Gasteiger charge is -2.05. The summed E-state index contributed by atoms with van der Waals surface area (Å²) in [6, 6.07) is 17.8. The number of hydrogen-bond donors (Lipinski definition) is 0. The van der Waals surface area contributed by atoms with Gasteiger partial charge < -0.3 is 9.30 Å². The first-order valence-electron chi connectivity index (χ1n) is 8.52. The molecule has 0 aliphatic heterocycles. The van der Waals surface area contributed by atoms with Gasteiger partial charge in [0, 0.05) is 24.6 Å². The first-order chi connectivity index (χ1) is 13.2. The normalized spacial score (nSPS) is 12.1. The van der Waals surface area contributed by atoms with Crippen LogP contribution in [0.2, 0.25) is 0 Å². The van der Waals surface area contributed by atoms with Gasteiger partial charge in [-0.2, -0.15) is 4.99 Å². The first kappa shape index (κ1) is 17.6. The third kappa shape index (κ3) is 3.41. The highest BCUT2D eigenvalue weighted by atomic mass is 32.1. The zero-order valence-corrected chi connectivity index (χ0v) is 15.5. The molecule has 0 spiro atoms. The fraction of sp³-hybridized carbons (Fsp3) is 0.143. The number of thiazole rings is 1. The number of ether oxygens (including phenoxy) is 1. The average Bonchev–Trinajstić information content (AvgIpc) is 3.03. The van der Waals surface area contributed by atoms with Gasteiger partial charge in [-0.25, -0.2) is 4.39 Å². The van der Waals surface area contributed by atoms with Gasteiger partial charge in [0.2, 0.25) is 0 Å². The van der Waals surface area contributed by atoms with Gasteiger partial charge in [0.15, 0.2) is 4.80 Å². The van der Waals surface area contributed by atoms with Crippen LogP contribution in [-0.2, 0) is 11.3 Å². The van der Waals surface area contributed by atoms with Crippen molar-refractivity contribution >= 4 is 38.2 Å². The number of nitrogens with zero attached hydrogens (tertiary/aromatic N) is 2. The summed E-state index contributed by atoms with van der Waals surface area (Å²) >= 11 is 1.46. The van der Waals surface area contributed by atoms with E-state index in [9.17, 15) is 9.18 Å². The number of halogens is 1. The Morgan fingerprint density at radius 1 is 1.15 bits per heavy atom. The number of methoxy groups -OCH3 is 1. The second kappa shape index (κ2) is 7.42. The Labute approximate surface area is 159 Å². The van der Waals surface area contributed by atoms with E-state index in [1.54, 1.807) is 13.2 Å². The molecule has 4 nitrogen and oxygen atoms in total. The summed E-state index contributed by atoms with van der Waals surface area (Å²) in [6.07, 6.45) is 0. The largest absolute Gasteiger partial charge is 0.383 e. The van der Waals surface area contributed by atoms with Gasteiger partial charge in [0.05, 0.1) is 16.8 Å². The number of fused-ring (bicyclic) bond motifs is 3. The van der Waals surface area contributed by atoms with Gasteiger partial charge in [0.25, 0.3) is 5.91 Å². The van der Waals surface area contributed by atoms with Crippen molar-refractivity contribution < 1.29 is 13.9 Å². The summed E-state index contributed by atoms with van der Waals surface area (Å²) in [4.78, 5) is 17.4. The lowest BCUT2D eigenvalue weighted by molar-refractivity contribution is 0.0997. The minimum Gasteiger partial charge on any atom is -0.383 e. The van der Waals surface area contributed by atoms with E-state index in [0.717, 1.165) is 21.0 Å². The van der Waals surface area contributed by atoms with Crippen LogP contribution in [0.25, 0.3) is 21.0 Å². The predicted molar refractivity (Wildman–Crippen MR) is 105 cm³/mol. The predicted octanol–water partition coefficient (Wildman–Crippen LogP) is 4.38. The molecule has 0 unspecified atom stereocenters. The maximum Gasteiger partial charge on any atom is 0.279 e. The molecule has 0 aliphatic rings. The summed E-state index contributed by atoms with van der Waals surface area (Å²) in [6.45, 7) is 1.07. The Balaban J connectivity index is 1.92. The topological polar surface area (TPSA) is 43.6 Å². The monoisotopic (exact) mass is 380 g/mol. The second-order valence-corrected chi connectivity index (χ2v) is 7.07. The maximum atomic E-state index is 13.4. The molecule has 0 radical (unpaired) electrons. The van der Waals surface area contributed by atoms with Crippen LogP contribution < -0.4 is 4.80 Å². The quantitative estimate of drug-likeness (QED) is 0.527. The molecular formula is C21H17FN2O2S. The maximum absolute atomic E-state index is 13.4. The van der Waals surface area contributed by atoms with Crippen LogP contribution in [0.5, 0.6) is 0 Å². The molecule has 0 fully saturated rings. The third-order valence-corrected chi connectivity index (χ3v) is 5.49. The Morgan fingerprint density at radius 3 is 2.81 bits per heavy atom. The van der Waals surface area contributed by atoms with E-state index in [2.05, 4.69) is 23.2 Å². The minimum atomic E-state index is -0.462. The van der Waals surface area contributed by atoms with Crippen LogP contribution >= 0.6 is 11.3 Å². The number of benzene rings is 3. The zero-order chi connectivity index (χ0) is 18.8. The van der Waals surface area contributed by atoms with Crippen molar-refractivity contribution in [3.8, 4) is 0 Å². The van der Waals surface area contributed by atoms with Crippen molar-refractivity contribution in [1.82, 2.24) is 4.57 Å². The van der Waals surface area contributed by atoms with E-state index < -0.39 is 11.7 Å². The fourth-order valence-electron chi connectivity index (χ4n) is 3.06. The molecule has 0 saturated heterocycles. The molecule has 1 aromatic heterocycles. The molecule has 0 bridgehead atoms. The van der Waals surface area contributed by atoms with Gasteiger partial charge in [-0.15, -0.1) is 0 Å². The molecule has 0 N–H and O–H groups in total. The van der Waals surface area contributed by atoms with Crippen molar-refractivity contribution in [1.29, 1.82) is 0 Å². The minimum absolute atomic E-state index is 0.232. The van der Waals surface area contributed by atoms with Crippen molar-refractivity contribution in [3.05, 3.63) is 76.8 Å². The number of rotatable bonds is 4. The van der Waals surface area contributed by atoms with Crippen LogP contribution in [0.1, 0.15) is 10.4 Å². The Hall–Kier alpha value is -2.83. The van der Waals surface area contributed by atoms with Crippen molar-refractivity contribution in [2.75, 3.05) is 13.7 Å². The summed E-state index contributed by atoms with van der Waals surface area (Å²) < 4.78 is 21.7. The van der Waals surface area contributed by atoms with Crippen LogP contribution in [-0.4, -0.2) is 24.2 Å². The molecule has 4 aromatic rings. The van der Waals surface area contributed by atoms with E-state index in [1.165, 1.54) is 29.5 Å². The Bertz CT molecular complexity index is 1210. The zero-order valence-electron chi connectivity index (χ0n) is 14.7. The van der Waals surface area contributed by atoms with Gasteiger partial charge in [-0.05, 0) is 29.7 Å². The summed E-state index contributed by atoms with van der Waals surface area (Å²) in [5.74, 6) is -0.915. The number of carbonyl (C=O) groups is 1. The van der Waals surface area contributed by atoms with E-state index in [1.807, 2.05) is 22.8 Å². The highest BCUT2D eigenvalue weighted by molar-refractivity contribution is 7.17. The molecule has 1 amide bonds. The van der Waals surface area contributed by atoms with Crippen molar-refractivity contribution in [2.45, 2.75) is 6.54 Å². The standard InChI is InChI=1S/C21H17FN2O2S/c1-26-12-11-24-18-10-9-14-5-2-3-8-17(14)19(18)27-21(24)23-20(25)15-6-4-7-16(22)13-15/h2-10,13H,11-12H2,1H3. The highest BCUT2D eigenvalue weighted by Gasteiger charge is 2.12. The van der Waals surface area contributed by atoms with Gasteiger partial charge >= 0.3 is 0 Å². The summed E-state index contributed by atoms with van der Waals surface area (Å²) in [5, 5.41) is 2.25. The van der Waals surface area contributed by atoms with Crippen molar-refractivity contribution in [2.24, 2.45) is 4.99 Å². The van der Waals surface area contributed by atoms with Crippen LogP contribution in [0.3, 0.4) is 0 Å². The van der Waals surface area contributed by atoms with E-state index >= 15 is 0 Å². The second-order valence-electron chi connectivity index (χ2n) is 6.09. The molecule has 27 heavy (non-hydrogen) atoms. The summed E-state index contributed by atoms with van der Waals surface area (Å²) in [5.41, 5.74) is 1.23. The van der Waals surface area contributed by atoms with E-state index in [4.69, 9.17) is 4.74 Å². The van der Waals surface area contributed by atoms with Crippen molar-refractivity contribution in [3.63, 3.8) is 0 Å². The molecule has 0 atom stereocenters. The number of hydrogen-bond acceptors (Lipinski definition) is 3.